The zero-order chi connectivity index (χ0) is 23.3. The van der Waals surface area contributed by atoms with E-state index in [-0.39, 0.29) is 0 Å². The first kappa shape index (κ1) is 22.1. The van der Waals surface area contributed by atoms with E-state index in [1.54, 1.807) is 17.0 Å². The molecule has 0 radical (unpaired) electrons. The number of carbonyl (C=O) groups excluding carboxylic acids is 2. The summed E-state index contributed by atoms with van der Waals surface area (Å²) in [5, 5.41) is 16.7. The van der Waals surface area contributed by atoms with E-state index in [1.807, 2.05) is 49.4 Å². The van der Waals surface area contributed by atoms with E-state index in [1.165, 1.54) is 6.08 Å². The Labute approximate surface area is 191 Å². The summed E-state index contributed by atoms with van der Waals surface area (Å²) in [5.74, 6) is 0.172. The van der Waals surface area contributed by atoms with Gasteiger partial charge in [0.15, 0.2) is 12.4 Å². The van der Waals surface area contributed by atoms with Crippen LogP contribution in [-0.2, 0) is 14.3 Å². The molecule has 0 bridgehead atoms. The van der Waals surface area contributed by atoms with Crippen molar-refractivity contribution in [3.63, 3.8) is 0 Å². The fourth-order valence-corrected chi connectivity index (χ4v) is 3.86. The van der Waals surface area contributed by atoms with Gasteiger partial charge >= 0.3 is 5.97 Å². The molecule has 0 aliphatic heterocycles. The summed E-state index contributed by atoms with van der Waals surface area (Å²) in [6, 6.07) is 15.4. The largest absolute Gasteiger partial charge is 0.460 e. The van der Waals surface area contributed by atoms with Crippen LogP contribution in [0.15, 0.2) is 59.2 Å². The summed E-state index contributed by atoms with van der Waals surface area (Å²) < 4.78 is 12.5. The smallest absolute Gasteiger partial charge is 0.331 e. The number of nitrogens with one attached hydrogen (secondary N) is 1. The Morgan fingerprint density at radius 1 is 1.24 bits per heavy atom. The monoisotopic (exact) mass is 444 g/mol. The van der Waals surface area contributed by atoms with Crippen LogP contribution in [0.1, 0.15) is 37.0 Å². The normalized spacial score (nSPS) is 14.8. The number of rotatable bonds is 7. The van der Waals surface area contributed by atoms with Gasteiger partial charge in [0, 0.05) is 17.8 Å². The highest BCUT2D eigenvalue weighted by Crippen LogP contribution is 2.29. The first-order valence-electron chi connectivity index (χ1n) is 10.8. The summed E-state index contributed by atoms with van der Waals surface area (Å²) in [7, 11) is 0. The van der Waals surface area contributed by atoms with Crippen molar-refractivity contribution in [1.29, 1.82) is 5.26 Å². The number of hydrogen-bond donors (Lipinski definition) is 1. The van der Waals surface area contributed by atoms with Crippen LogP contribution in [0.4, 0.5) is 0 Å². The molecule has 2 aromatic heterocycles. The number of ether oxygens (including phenoxy) is 1. The van der Waals surface area contributed by atoms with Crippen LogP contribution in [0.5, 0.6) is 0 Å². The summed E-state index contributed by atoms with van der Waals surface area (Å²) in [6.07, 6.45) is 7.63. The number of hydrogen-bond acceptors (Lipinski definition) is 6. The Morgan fingerprint density at radius 3 is 2.67 bits per heavy atom. The minimum atomic E-state index is -0.846. The number of aromatic nitrogens is 2. The topological polar surface area (TPSA) is 110 Å². The lowest BCUT2D eigenvalue weighted by molar-refractivity contribution is -0.144. The summed E-state index contributed by atoms with van der Waals surface area (Å²) in [4.78, 5) is 24.4. The van der Waals surface area contributed by atoms with E-state index >= 15 is 0 Å². The quantitative estimate of drug-likeness (QED) is 0.436. The van der Waals surface area contributed by atoms with Gasteiger partial charge in [-0.2, -0.15) is 10.4 Å². The molecule has 0 saturated heterocycles. The van der Waals surface area contributed by atoms with Crippen LogP contribution in [0.25, 0.3) is 23.2 Å². The van der Waals surface area contributed by atoms with Gasteiger partial charge in [-0.3, -0.25) is 4.79 Å². The minimum absolute atomic E-state index is 0.444. The average molecular weight is 444 g/mol. The first-order chi connectivity index (χ1) is 16.0. The fourth-order valence-electron chi connectivity index (χ4n) is 3.86. The molecule has 8 nitrogen and oxygen atoms in total. The molecular weight excluding hydrogens is 420 g/mol. The minimum Gasteiger partial charge on any atom is -0.460 e. The third-order valence-corrected chi connectivity index (χ3v) is 5.53. The van der Waals surface area contributed by atoms with Crippen LogP contribution >= 0.6 is 0 Å². The molecule has 0 atom stereocenters. The van der Waals surface area contributed by atoms with Crippen LogP contribution in [-0.4, -0.2) is 33.8 Å². The number of nitrogens with zero attached hydrogens (tertiary/aromatic N) is 3. The van der Waals surface area contributed by atoms with Crippen molar-refractivity contribution in [3.8, 4) is 23.2 Å². The molecule has 168 valence electrons. The highest BCUT2D eigenvalue weighted by molar-refractivity contribution is 5.90. The van der Waals surface area contributed by atoms with Gasteiger partial charge in [0.25, 0.3) is 5.91 Å². The van der Waals surface area contributed by atoms with Crippen LogP contribution < -0.4 is 5.32 Å². The number of furan rings is 1. The van der Waals surface area contributed by atoms with Crippen molar-refractivity contribution in [2.45, 2.75) is 38.1 Å². The maximum absolute atomic E-state index is 12.2. The Balaban J connectivity index is 1.45. The number of aryl methyl sites for hydroxylation is 1. The molecule has 1 aliphatic carbocycles. The number of amides is 1. The molecule has 0 spiro atoms. The first-order valence-corrected chi connectivity index (χ1v) is 10.8. The number of para-hydroxylation sites is 1. The van der Waals surface area contributed by atoms with E-state index in [0.717, 1.165) is 24.3 Å². The third-order valence-electron chi connectivity index (χ3n) is 5.53. The second-order valence-corrected chi connectivity index (χ2v) is 8.01. The Morgan fingerprint density at radius 2 is 2.00 bits per heavy atom. The van der Waals surface area contributed by atoms with Gasteiger partial charge in [-0.15, -0.1) is 0 Å². The molecule has 0 unspecified atom stereocenters. The third kappa shape index (κ3) is 5.21. The lowest BCUT2D eigenvalue weighted by Crippen LogP contribution is -2.46. The Kier molecular flexibility index (Phi) is 6.41. The molecule has 1 N–H and O–H groups in total. The number of nitriles is 1. The molecule has 2 heterocycles. The average Bonchev–Trinajstić information content (AvgIpc) is 3.57. The van der Waals surface area contributed by atoms with Crippen molar-refractivity contribution >= 4 is 18.0 Å². The van der Waals surface area contributed by atoms with E-state index < -0.39 is 24.0 Å². The maximum atomic E-state index is 12.2. The van der Waals surface area contributed by atoms with Gasteiger partial charge in [-0.1, -0.05) is 18.2 Å². The Hall–Kier alpha value is -4.12. The second-order valence-electron chi connectivity index (χ2n) is 8.01. The van der Waals surface area contributed by atoms with E-state index in [0.29, 0.717) is 29.9 Å². The van der Waals surface area contributed by atoms with Gasteiger partial charge < -0.3 is 14.5 Å². The lowest BCUT2D eigenvalue weighted by Gasteiger charge is -2.21. The summed E-state index contributed by atoms with van der Waals surface area (Å²) >= 11 is 0. The van der Waals surface area contributed by atoms with Gasteiger partial charge in [-0.25, -0.2) is 9.48 Å². The maximum Gasteiger partial charge on any atom is 0.331 e. The van der Waals surface area contributed by atoms with Crippen LogP contribution in [0, 0.1) is 18.3 Å². The van der Waals surface area contributed by atoms with Gasteiger partial charge in [0.1, 0.15) is 17.0 Å². The van der Waals surface area contributed by atoms with E-state index in [2.05, 4.69) is 16.5 Å². The lowest BCUT2D eigenvalue weighted by atomic mass is 10.00. The molecule has 33 heavy (non-hydrogen) atoms. The van der Waals surface area contributed by atoms with Crippen molar-refractivity contribution < 1.29 is 18.7 Å². The van der Waals surface area contributed by atoms with Crippen molar-refractivity contribution in [2.24, 2.45) is 0 Å². The van der Waals surface area contributed by atoms with Crippen LogP contribution in [0.2, 0.25) is 0 Å². The fraction of sp³-hybridized carbons (Fsp3) is 0.280. The molecule has 1 amide bonds. The molecule has 3 aromatic rings. The molecule has 1 aliphatic rings. The number of carbonyl (C=O) groups is 2. The molecule has 8 heteroatoms. The van der Waals surface area contributed by atoms with Gasteiger partial charge in [-0.05, 0) is 62.9 Å². The Bertz CT molecular complexity index is 1210. The molecule has 1 aromatic carbocycles. The molecule has 4 rings (SSSR count). The zero-order valence-corrected chi connectivity index (χ0v) is 18.3. The number of esters is 1. The summed E-state index contributed by atoms with van der Waals surface area (Å²) in [5.41, 5.74) is 1.25. The SMILES string of the molecule is Cc1ccc(-c2nn(-c3ccccc3)cc2/C=C/C(=O)OCC(=O)NC2(C#N)CCCC2)o1. The van der Waals surface area contributed by atoms with Crippen molar-refractivity contribution in [2.75, 3.05) is 6.61 Å². The van der Waals surface area contributed by atoms with Crippen molar-refractivity contribution in [1.82, 2.24) is 15.1 Å². The molecular formula is C25H24N4O4. The zero-order valence-electron chi connectivity index (χ0n) is 18.3. The summed E-state index contributed by atoms with van der Waals surface area (Å²) in [6.45, 7) is 1.40. The highest BCUT2D eigenvalue weighted by atomic mass is 16.5. The predicted molar refractivity (Wildman–Crippen MR) is 121 cm³/mol. The van der Waals surface area contributed by atoms with Crippen LogP contribution in [0.3, 0.4) is 0 Å². The predicted octanol–water partition coefficient (Wildman–Crippen LogP) is 3.95. The molecule has 1 fully saturated rings. The van der Waals surface area contributed by atoms with E-state index in [4.69, 9.17) is 9.15 Å². The number of benzene rings is 1. The van der Waals surface area contributed by atoms with Crippen molar-refractivity contribution in [3.05, 3.63) is 66.1 Å². The van der Waals surface area contributed by atoms with Gasteiger partial charge in [0.2, 0.25) is 0 Å². The van der Waals surface area contributed by atoms with Gasteiger partial charge in [0.05, 0.1) is 11.8 Å². The standard InChI is InChI=1S/C25H24N4O4/c1-18-9-11-21(33-18)24-19(15-29(28-24)20-7-3-2-4-8-20)10-12-23(31)32-16-22(30)27-25(17-26)13-5-6-14-25/h2-4,7-12,15H,5-6,13-14,16H2,1H3,(H,27,30)/b12-10+. The highest BCUT2D eigenvalue weighted by Gasteiger charge is 2.35. The second kappa shape index (κ2) is 9.57. The van der Waals surface area contributed by atoms with E-state index in [9.17, 15) is 14.9 Å². The molecule has 1 saturated carbocycles.